The van der Waals surface area contributed by atoms with Gasteiger partial charge in [0.2, 0.25) is 5.91 Å². The van der Waals surface area contributed by atoms with E-state index in [0.29, 0.717) is 13.1 Å². The lowest BCUT2D eigenvalue weighted by atomic mass is 9.90. The fourth-order valence-corrected chi connectivity index (χ4v) is 5.70. The molecule has 0 saturated carbocycles. The molecule has 254 valence electrons. The van der Waals surface area contributed by atoms with E-state index >= 15 is 0 Å². The first-order chi connectivity index (χ1) is 21.6. The molecule has 2 N–H and O–H groups in total. The maximum Gasteiger partial charge on any atom is 0.490 e. The van der Waals surface area contributed by atoms with Crippen LogP contribution in [0.4, 0.5) is 18.0 Å². The molecule has 9 nitrogen and oxygen atoms in total. The van der Waals surface area contributed by atoms with Crippen molar-refractivity contribution in [3.8, 4) is 0 Å². The molecule has 0 unspecified atom stereocenters. The van der Waals surface area contributed by atoms with Crippen molar-refractivity contribution >= 4 is 18.0 Å². The van der Waals surface area contributed by atoms with Gasteiger partial charge in [-0.3, -0.25) is 9.69 Å². The van der Waals surface area contributed by atoms with Gasteiger partial charge >= 0.3 is 18.2 Å². The maximum absolute atomic E-state index is 13.8. The highest BCUT2D eigenvalue weighted by Gasteiger charge is 2.42. The number of amides is 2. The van der Waals surface area contributed by atoms with Gasteiger partial charge < -0.3 is 24.7 Å². The monoisotopic (exact) mass is 649 g/mol. The highest BCUT2D eigenvalue weighted by molar-refractivity contribution is 5.86. The summed E-state index contributed by atoms with van der Waals surface area (Å²) >= 11 is 0. The molecule has 0 radical (unpaired) electrons. The molecule has 2 aliphatic rings. The highest BCUT2D eigenvalue weighted by Crippen LogP contribution is 2.25. The maximum atomic E-state index is 13.8. The number of rotatable bonds is 9. The largest absolute Gasteiger partial charge is 0.490 e. The lowest BCUT2D eigenvalue weighted by Gasteiger charge is -2.34. The Labute approximate surface area is 268 Å². The third kappa shape index (κ3) is 12.3. The fraction of sp³-hybridized carbons (Fsp3) is 0.559. The number of carbonyl (C=O) groups excluding carboxylic acids is 2. The zero-order chi connectivity index (χ0) is 33.9. The number of aliphatic hydroxyl groups excluding tert-OH is 1. The number of benzene rings is 2. The number of likely N-dealkylation sites (tertiary alicyclic amines) is 2. The van der Waals surface area contributed by atoms with E-state index < -0.39 is 36.0 Å². The van der Waals surface area contributed by atoms with Crippen molar-refractivity contribution < 1.29 is 42.5 Å². The summed E-state index contributed by atoms with van der Waals surface area (Å²) in [4.78, 5) is 41.4. The summed E-state index contributed by atoms with van der Waals surface area (Å²) in [5.74, 6) is -2.15. The van der Waals surface area contributed by atoms with Crippen LogP contribution in [-0.2, 0) is 27.3 Å². The average Bonchev–Trinajstić information content (AvgIpc) is 3.39. The molecule has 0 spiro atoms. The van der Waals surface area contributed by atoms with Crippen LogP contribution >= 0.6 is 0 Å². The number of hydrogen-bond donors (Lipinski definition) is 2. The molecule has 0 bridgehead atoms. The number of β-amino-alcohol motifs (C(OH)–C–C–N with tert-alkyl or cyclic N) is 1. The predicted octanol–water partition coefficient (Wildman–Crippen LogP) is 5.36. The van der Waals surface area contributed by atoms with Gasteiger partial charge in [0.1, 0.15) is 11.6 Å². The van der Waals surface area contributed by atoms with Gasteiger partial charge in [0.15, 0.2) is 0 Å². The van der Waals surface area contributed by atoms with Crippen LogP contribution in [0, 0.1) is 5.92 Å². The van der Waals surface area contributed by atoms with E-state index in [1.54, 1.807) is 20.8 Å². The lowest BCUT2D eigenvalue weighted by Crippen LogP contribution is -2.49. The van der Waals surface area contributed by atoms with E-state index in [-0.39, 0.29) is 18.9 Å². The summed E-state index contributed by atoms with van der Waals surface area (Å²) in [6.07, 6.45) is -1.71. The molecule has 2 heterocycles. The Hall–Kier alpha value is -3.64. The third-order valence-electron chi connectivity index (χ3n) is 7.94. The molecule has 4 rings (SSSR count). The first-order valence-electron chi connectivity index (χ1n) is 15.7. The summed E-state index contributed by atoms with van der Waals surface area (Å²) in [7, 11) is 0. The highest BCUT2D eigenvalue weighted by atomic mass is 19.4. The summed E-state index contributed by atoms with van der Waals surface area (Å²) in [6, 6.07) is 20.0. The van der Waals surface area contributed by atoms with Gasteiger partial charge in [-0.15, -0.1) is 0 Å². The van der Waals surface area contributed by atoms with Gasteiger partial charge in [0.05, 0.1) is 12.6 Å². The number of alkyl halides is 3. The number of hydrogen-bond acceptors (Lipinski definition) is 6. The fourth-order valence-electron chi connectivity index (χ4n) is 5.70. The molecule has 46 heavy (non-hydrogen) atoms. The Morgan fingerprint density at radius 2 is 1.48 bits per heavy atom. The average molecular weight is 650 g/mol. The summed E-state index contributed by atoms with van der Waals surface area (Å²) < 4.78 is 37.3. The van der Waals surface area contributed by atoms with E-state index in [1.165, 1.54) is 23.3 Å². The number of aliphatic hydroxyl groups is 1. The van der Waals surface area contributed by atoms with Crippen LogP contribution in [0.2, 0.25) is 0 Å². The second-order valence-corrected chi connectivity index (χ2v) is 12.9. The van der Waals surface area contributed by atoms with E-state index in [9.17, 15) is 27.9 Å². The number of carboxylic acids is 1. The molecule has 12 heteroatoms. The standard InChI is InChI=1S/C32H45N3O4.C2HF3O2/c1-32(2,3)39-31(38)35-24-28(36)22-29(35)30(37)34(23-27-13-8-5-9-14-27)18-10-17-33-19-15-26(16-20-33)21-25-11-6-4-7-12-25;3-2(4,5)1(6)7/h4-9,11-14,26,28-29,36H,10,15-24H2,1-3H3;(H,6,7)/t28-,29+;/m1./s1. The van der Waals surface area contributed by atoms with Crippen molar-refractivity contribution in [2.24, 2.45) is 5.92 Å². The number of carboxylic acid groups (broad SMARTS) is 1. The van der Waals surface area contributed by atoms with Crippen molar-refractivity contribution in [2.45, 2.75) is 83.3 Å². The molecular formula is C34H46F3N3O6. The van der Waals surface area contributed by atoms with Gasteiger partial charge in [0.25, 0.3) is 0 Å². The minimum atomic E-state index is -5.08. The molecule has 2 aromatic rings. The SMILES string of the molecule is CC(C)(C)OC(=O)N1C[C@H](O)C[C@H]1C(=O)N(CCCN1CCC(Cc2ccccc2)CC1)Cc1ccccc1.O=C(O)C(F)(F)F. The second kappa shape index (κ2) is 16.8. The van der Waals surface area contributed by atoms with Gasteiger partial charge in [-0.2, -0.15) is 13.2 Å². The molecule has 2 fully saturated rings. The Morgan fingerprint density at radius 1 is 0.935 bits per heavy atom. The molecule has 2 amide bonds. The van der Waals surface area contributed by atoms with Gasteiger partial charge in [0, 0.05) is 19.5 Å². The van der Waals surface area contributed by atoms with Gasteiger partial charge in [-0.05, 0) is 83.1 Å². The number of aliphatic carboxylic acids is 1. The summed E-state index contributed by atoms with van der Waals surface area (Å²) in [5, 5.41) is 17.5. The summed E-state index contributed by atoms with van der Waals surface area (Å²) in [6.45, 7) is 9.74. The zero-order valence-corrected chi connectivity index (χ0v) is 26.8. The second-order valence-electron chi connectivity index (χ2n) is 12.9. The number of piperidine rings is 1. The van der Waals surface area contributed by atoms with Crippen LogP contribution in [0.5, 0.6) is 0 Å². The minimum absolute atomic E-state index is 0.114. The van der Waals surface area contributed by atoms with Crippen molar-refractivity contribution in [1.29, 1.82) is 0 Å². The minimum Gasteiger partial charge on any atom is -0.475 e. The first kappa shape index (κ1) is 36.8. The Kier molecular flexibility index (Phi) is 13.4. The Morgan fingerprint density at radius 3 is 2.00 bits per heavy atom. The van der Waals surface area contributed by atoms with Crippen LogP contribution in [0.25, 0.3) is 0 Å². The third-order valence-corrected chi connectivity index (χ3v) is 7.94. The molecule has 2 aliphatic heterocycles. The van der Waals surface area contributed by atoms with Gasteiger partial charge in [-0.1, -0.05) is 60.7 Å². The van der Waals surface area contributed by atoms with Crippen LogP contribution < -0.4 is 0 Å². The van der Waals surface area contributed by atoms with Crippen molar-refractivity contribution in [3.63, 3.8) is 0 Å². The van der Waals surface area contributed by atoms with Crippen LogP contribution in [-0.4, -0.2) is 99.5 Å². The normalized spacial score (nSPS) is 19.2. The number of carbonyl (C=O) groups is 3. The zero-order valence-electron chi connectivity index (χ0n) is 26.8. The van der Waals surface area contributed by atoms with E-state index in [0.717, 1.165) is 44.0 Å². The molecule has 0 aliphatic carbocycles. The number of ether oxygens (including phenoxy) is 1. The smallest absolute Gasteiger partial charge is 0.475 e. The first-order valence-corrected chi connectivity index (χ1v) is 15.7. The van der Waals surface area contributed by atoms with Crippen molar-refractivity contribution in [2.75, 3.05) is 32.7 Å². The Balaban J connectivity index is 0.000000738. The topological polar surface area (TPSA) is 111 Å². The summed E-state index contributed by atoms with van der Waals surface area (Å²) in [5.41, 5.74) is 1.80. The Bertz CT molecular complexity index is 1250. The number of halogens is 3. The lowest BCUT2D eigenvalue weighted by molar-refractivity contribution is -0.192. The quantitative estimate of drug-likeness (QED) is 0.376. The van der Waals surface area contributed by atoms with Crippen LogP contribution in [0.1, 0.15) is 57.6 Å². The van der Waals surface area contributed by atoms with Crippen molar-refractivity contribution in [3.05, 3.63) is 71.8 Å². The van der Waals surface area contributed by atoms with Crippen LogP contribution in [0.3, 0.4) is 0 Å². The van der Waals surface area contributed by atoms with E-state index in [1.807, 2.05) is 35.2 Å². The molecule has 2 atom stereocenters. The van der Waals surface area contributed by atoms with Crippen LogP contribution in [0.15, 0.2) is 60.7 Å². The molecule has 2 aromatic carbocycles. The molecular weight excluding hydrogens is 603 g/mol. The molecule has 2 saturated heterocycles. The molecule has 0 aromatic heterocycles. The van der Waals surface area contributed by atoms with Gasteiger partial charge in [-0.25, -0.2) is 9.59 Å². The van der Waals surface area contributed by atoms with Crippen molar-refractivity contribution in [1.82, 2.24) is 14.7 Å². The number of nitrogens with zero attached hydrogens (tertiary/aromatic N) is 3. The predicted molar refractivity (Wildman–Crippen MR) is 167 cm³/mol. The van der Waals surface area contributed by atoms with E-state index in [2.05, 4.69) is 35.2 Å². The van der Waals surface area contributed by atoms with E-state index in [4.69, 9.17) is 14.6 Å².